The van der Waals surface area contributed by atoms with Gasteiger partial charge in [0.15, 0.2) is 4.58 Å². The number of carbonyl (C=O) groups is 1. The Kier molecular flexibility index (Phi) is 8.20. The Hall–Kier alpha value is -1.05. The van der Waals surface area contributed by atoms with E-state index in [4.69, 9.17) is 4.74 Å². The number of alkyl halides is 6. The van der Waals surface area contributed by atoms with Gasteiger partial charge in [-0.05, 0) is 39.5 Å². The third kappa shape index (κ3) is 6.22. The second-order valence-corrected chi connectivity index (χ2v) is 10.8. The molecule has 0 fully saturated rings. The van der Waals surface area contributed by atoms with Gasteiger partial charge in [-0.1, -0.05) is 6.92 Å². The van der Waals surface area contributed by atoms with Crippen LogP contribution in [-0.2, 0) is 29.2 Å². The first-order valence-corrected chi connectivity index (χ1v) is 10.7. The molecule has 0 aromatic heterocycles. The predicted molar refractivity (Wildman–Crippen MR) is 82.6 cm³/mol. The molecule has 162 valence electrons. The summed E-state index contributed by atoms with van der Waals surface area (Å²) in [6.45, 7) is 4.39. The number of carbonyl (C=O) groups excluding carboxylic acids is 1. The maximum atomic E-state index is 12.6. The molecule has 0 spiro atoms. The molecule has 0 aliphatic rings. The third-order valence-corrected chi connectivity index (χ3v) is 8.51. The molecule has 27 heavy (non-hydrogen) atoms. The minimum absolute atomic E-state index is 0.317. The topological polar surface area (TPSA) is 94.6 Å². The van der Waals surface area contributed by atoms with Crippen molar-refractivity contribution >= 4 is 25.6 Å². The summed E-state index contributed by atoms with van der Waals surface area (Å²) in [4.78, 5) is 11.7. The Morgan fingerprint density at radius 1 is 0.889 bits per heavy atom. The zero-order valence-corrected chi connectivity index (χ0v) is 16.3. The molecule has 0 N–H and O–H groups in total. The quantitative estimate of drug-likeness (QED) is 0.304. The highest BCUT2D eigenvalue weighted by atomic mass is 32.3. The summed E-state index contributed by atoms with van der Waals surface area (Å²) in [6.07, 6.45) is -2.02. The van der Waals surface area contributed by atoms with Crippen molar-refractivity contribution in [3.63, 3.8) is 0 Å². The first-order valence-electron chi connectivity index (χ1n) is 7.60. The number of hydrogen-bond acceptors (Lipinski definition) is 6. The van der Waals surface area contributed by atoms with Crippen LogP contribution < -0.4 is 0 Å². The Labute approximate surface area is 153 Å². The average Bonchev–Trinajstić information content (AvgIpc) is 2.47. The van der Waals surface area contributed by atoms with Gasteiger partial charge >= 0.3 is 17.0 Å². The Morgan fingerprint density at radius 3 is 1.63 bits per heavy atom. The van der Waals surface area contributed by atoms with Crippen molar-refractivity contribution < 1.29 is 52.7 Å². The second kappa shape index (κ2) is 8.53. The molecule has 0 aromatic carbocycles. The fraction of sp³-hybridized carbons (Fsp3) is 0.923. The lowest BCUT2D eigenvalue weighted by Crippen LogP contribution is -2.44. The van der Waals surface area contributed by atoms with Crippen molar-refractivity contribution in [3.8, 4) is 0 Å². The average molecular weight is 450 g/mol. The number of unbranched alkanes of at least 4 members (excludes halogenated alkanes) is 1. The van der Waals surface area contributed by atoms with E-state index in [2.05, 4.69) is 0 Å². The summed E-state index contributed by atoms with van der Waals surface area (Å²) in [7, 11) is -13.3. The van der Waals surface area contributed by atoms with Gasteiger partial charge in [0.2, 0.25) is 0 Å². The van der Waals surface area contributed by atoms with E-state index < -0.39 is 66.1 Å². The van der Waals surface area contributed by atoms with E-state index in [1.54, 1.807) is 20.8 Å². The molecular formula is C13H20F6O6S2. The van der Waals surface area contributed by atoms with Crippen molar-refractivity contribution in [2.75, 3.05) is 6.61 Å². The third-order valence-electron chi connectivity index (χ3n) is 3.84. The molecule has 0 heterocycles. The lowest BCUT2D eigenvalue weighted by molar-refractivity contribution is -0.154. The molecule has 0 saturated carbocycles. The van der Waals surface area contributed by atoms with Gasteiger partial charge < -0.3 is 4.74 Å². The van der Waals surface area contributed by atoms with Gasteiger partial charge in [-0.15, -0.1) is 0 Å². The molecular weight excluding hydrogens is 430 g/mol. The molecule has 0 aliphatic carbocycles. The normalized spacial score (nSPS) is 14.4. The van der Waals surface area contributed by atoms with Gasteiger partial charge in [-0.25, -0.2) is 16.8 Å². The summed E-state index contributed by atoms with van der Waals surface area (Å²) < 4.78 is 122. The van der Waals surface area contributed by atoms with E-state index in [-0.39, 0.29) is 6.42 Å². The second-order valence-electron chi connectivity index (χ2n) is 6.28. The van der Waals surface area contributed by atoms with E-state index in [9.17, 15) is 48.0 Å². The van der Waals surface area contributed by atoms with Crippen LogP contribution in [0.5, 0.6) is 0 Å². The minimum Gasteiger partial charge on any atom is -0.465 e. The highest BCUT2D eigenvalue weighted by molar-refractivity contribution is 8.09. The van der Waals surface area contributed by atoms with Gasteiger partial charge in [0.05, 0.1) is 12.0 Å². The van der Waals surface area contributed by atoms with Crippen LogP contribution in [-0.4, -0.2) is 45.0 Å². The van der Waals surface area contributed by atoms with Gasteiger partial charge in [-0.2, -0.15) is 26.3 Å². The molecule has 0 amide bonds. The zero-order chi connectivity index (χ0) is 21.9. The van der Waals surface area contributed by atoms with Gasteiger partial charge in [-0.3, -0.25) is 4.79 Å². The molecule has 0 aliphatic heterocycles. The first-order chi connectivity index (χ1) is 11.8. The van der Waals surface area contributed by atoms with Crippen molar-refractivity contribution in [2.45, 2.75) is 62.1 Å². The van der Waals surface area contributed by atoms with E-state index in [0.717, 1.165) is 0 Å². The zero-order valence-electron chi connectivity index (χ0n) is 14.6. The number of rotatable bonds is 9. The van der Waals surface area contributed by atoms with Crippen molar-refractivity contribution in [2.24, 2.45) is 5.41 Å². The molecule has 0 bridgehead atoms. The Bertz CT molecular complexity index is 677. The number of halogens is 6. The highest BCUT2D eigenvalue weighted by Crippen LogP contribution is 2.38. The smallest absolute Gasteiger partial charge is 0.465 e. The van der Waals surface area contributed by atoms with Crippen LogP contribution in [0.2, 0.25) is 0 Å². The van der Waals surface area contributed by atoms with Gasteiger partial charge in [0, 0.05) is 0 Å². The van der Waals surface area contributed by atoms with Crippen LogP contribution in [0.4, 0.5) is 26.3 Å². The van der Waals surface area contributed by atoms with Crippen molar-refractivity contribution in [3.05, 3.63) is 0 Å². The van der Waals surface area contributed by atoms with Gasteiger partial charge in [0.1, 0.15) is 0 Å². The van der Waals surface area contributed by atoms with E-state index >= 15 is 0 Å². The Morgan fingerprint density at radius 2 is 1.30 bits per heavy atom. The van der Waals surface area contributed by atoms with Gasteiger partial charge in [0.25, 0.3) is 19.7 Å². The van der Waals surface area contributed by atoms with Crippen molar-refractivity contribution in [1.29, 1.82) is 0 Å². The number of esters is 1. The first kappa shape index (κ1) is 26.0. The van der Waals surface area contributed by atoms with Crippen LogP contribution in [0.15, 0.2) is 0 Å². The van der Waals surface area contributed by atoms with Crippen LogP contribution in [0.25, 0.3) is 0 Å². The Balaban J connectivity index is 5.22. The fourth-order valence-corrected chi connectivity index (χ4v) is 5.23. The summed E-state index contributed by atoms with van der Waals surface area (Å²) >= 11 is 0. The maximum absolute atomic E-state index is 12.6. The summed E-state index contributed by atoms with van der Waals surface area (Å²) in [6, 6.07) is 0. The summed E-state index contributed by atoms with van der Waals surface area (Å²) in [5.41, 5.74) is -13.2. The molecule has 0 unspecified atom stereocenters. The summed E-state index contributed by atoms with van der Waals surface area (Å²) in [5.74, 6) is -0.660. The van der Waals surface area contributed by atoms with Crippen LogP contribution >= 0.6 is 0 Å². The lowest BCUT2D eigenvalue weighted by atomic mass is 9.91. The number of hydrogen-bond donors (Lipinski definition) is 0. The van der Waals surface area contributed by atoms with E-state index in [1.807, 2.05) is 0 Å². The fourth-order valence-electron chi connectivity index (χ4n) is 1.69. The predicted octanol–water partition coefficient (Wildman–Crippen LogP) is 3.33. The summed E-state index contributed by atoms with van der Waals surface area (Å²) in [5, 5.41) is 0. The number of sulfone groups is 2. The lowest BCUT2D eigenvalue weighted by Gasteiger charge is -2.21. The highest BCUT2D eigenvalue weighted by Gasteiger charge is 2.62. The van der Waals surface area contributed by atoms with E-state index in [0.29, 0.717) is 6.42 Å². The molecule has 0 saturated heterocycles. The SMILES string of the molecule is CCC(C)(C)C(=O)OCCCCC(S(=O)(=O)C(F)(F)F)S(=O)(=O)C(F)(F)F. The minimum atomic E-state index is -6.63. The van der Waals surface area contributed by atoms with E-state index in [1.165, 1.54) is 0 Å². The van der Waals surface area contributed by atoms with Crippen LogP contribution in [0.3, 0.4) is 0 Å². The number of ether oxygens (including phenoxy) is 1. The van der Waals surface area contributed by atoms with Crippen LogP contribution in [0.1, 0.15) is 46.5 Å². The molecule has 14 heteroatoms. The monoisotopic (exact) mass is 450 g/mol. The largest absolute Gasteiger partial charge is 0.498 e. The standard InChI is InChI=1S/C13H20F6O6S2/c1-4-11(2,3)10(20)25-8-6-5-7-9(26(21,22)12(14,15)16)27(23,24)13(17,18)19/h9H,4-8H2,1-3H3. The molecule has 0 aromatic rings. The molecule has 0 atom stereocenters. The molecule has 0 radical (unpaired) electrons. The molecule has 6 nitrogen and oxygen atoms in total. The van der Waals surface area contributed by atoms with Crippen molar-refractivity contribution in [1.82, 2.24) is 0 Å². The molecule has 0 rings (SSSR count). The maximum Gasteiger partial charge on any atom is 0.498 e. The van der Waals surface area contributed by atoms with Crippen LogP contribution in [0, 0.1) is 5.41 Å².